The van der Waals surface area contributed by atoms with Gasteiger partial charge in [-0.05, 0) is 12.8 Å². The highest BCUT2D eigenvalue weighted by atomic mass is 32.2. The lowest BCUT2D eigenvalue weighted by atomic mass is 9.97. The van der Waals surface area contributed by atoms with Crippen molar-refractivity contribution < 1.29 is 13.2 Å². The molecule has 0 saturated carbocycles. The molecule has 112 valence electrons. The molecule has 1 aliphatic rings. The molecule has 0 aromatic carbocycles. The van der Waals surface area contributed by atoms with Crippen LogP contribution in [0.3, 0.4) is 0 Å². The van der Waals surface area contributed by atoms with E-state index in [2.05, 4.69) is 15.2 Å². The van der Waals surface area contributed by atoms with E-state index >= 15 is 0 Å². The van der Waals surface area contributed by atoms with E-state index in [9.17, 15) is 13.2 Å². The second-order valence-corrected chi connectivity index (χ2v) is 7.05. The average Bonchev–Trinajstić information content (AvgIpc) is 2.90. The van der Waals surface area contributed by atoms with Gasteiger partial charge in [-0.25, -0.2) is 17.7 Å². The minimum atomic E-state index is -3.15. The summed E-state index contributed by atoms with van der Waals surface area (Å²) in [5.74, 6) is 0.532. The molecule has 20 heavy (non-hydrogen) atoms. The van der Waals surface area contributed by atoms with Crippen LogP contribution in [0.5, 0.6) is 0 Å². The van der Waals surface area contributed by atoms with Crippen molar-refractivity contribution in [1.29, 1.82) is 0 Å². The summed E-state index contributed by atoms with van der Waals surface area (Å²) in [4.78, 5) is 17.9. The van der Waals surface area contributed by atoms with E-state index in [4.69, 9.17) is 0 Å². The summed E-state index contributed by atoms with van der Waals surface area (Å²) < 4.78 is 24.3. The molecule has 1 aromatic rings. The van der Waals surface area contributed by atoms with Crippen molar-refractivity contribution in [3.8, 4) is 0 Å². The van der Waals surface area contributed by atoms with Crippen LogP contribution in [-0.2, 0) is 21.4 Å². The van der Waals surface area contributed by atoms with Crippen LogP contribution in [0.4, 0.5) is 0 Å². The van der Waals surface area contributed by atoms with Gasteiger partial charge in [0, 0.05) is 26.1 Å². The highest BCUT2D eigenvalue weighted by Gasteiger charge is 2.30. The number of carbonyl (C=O) groups excluding carboxylic acids is 1. The number of hydrogen-bond donors (Lipinski definition) is 1. The normalized spacial score (nSPS) is 18.1. The summed E-state index contributed by atoms with van der Waals surface area (Å²) >= 11 is 0. The molecule has 0 aliphatic carbocycles. The number of nitrogens with zero attached hydrogens (tertiary/aromatic N) is 4. The van der Waals surface area contributed by atoms with Crippen LogP contribution in [0.25, 0.3) is 0 Å². The van der Waals surface area contributed by atoms with Crippen molar-refractivity contribution in [2.24, 2.45) is 5.92 Å². The number of aromatic amines is 1. The number of nitrogens with one attached hydrogen (secondary N) is 1. The first-order valence-electron chi connectivity index (χ1n) is 6.42. The molecule has 1 amide bonds. The van der Waals surface area contributed by atoms with E-state index in [1.54, 1.807) is 11.9 Å². The molecule has 8 nitrogen and oxygen atoms in total. The van der Waals surface area contributed by atoms with Gasteiger partial charge in [0.15, 0.2) is 0 Å². The van der Waals surface area contributed by atoms with Crippen LogP contribution >= 0.6 is 0 Å². The van der Waals surface area contributed by atoms with Gasteiger partial charge >= 0.3 is 0 Å². The summed E-state index contributed by atoms with van der Waals surface area (Å²) in [6.45, 7) is 1.20. The lowest BCUT2D eigenvalue weighted by Crippen LogP contribution is -2.43. The number of amides is 1. The first kappa shape index (κ1) is 14.9. The van der Waals surface area contributed by atoms with E-state index in [1.807, 2.05) is 0 Å². The summed E-state index contributed by atoms with van der Waals surface area (Å²) in [7, 11) is -1.44. The zero-order chi connectivity index (χ0) is 14.8. The number of aromatic nitrogens is 3. The lowest BCUT2D eigenvalue weighted by Gasteiger charge is -2.31. The Morgan fingerprint density at radius 1 is 1.50 bits per heavy atom. The van der Waals surface area contributed by atoms with Crippen LogP contribution in [0.2, 0.25) is 0 Å². The Labute approximate surface area is 118 Å². The van der Waals surface area contributed by atoms with Crippen molar-refractivity contribution in [3.05, 3.63) is 12.2 Å². The van der Waals surface area contributed by atoms with Gasteiger partial charge in [0.2, 0.25) is 15.9 Å². The van der Waals surface area contributed by atoms with Gasteiger partial charge in [-0.2, -0.15) is 5.10 Å². The van der Waals surface area contributed by atoms with E-state index in [-0.39, 0.29) is 11.8 Å². The zero-order valence-corrected chi connectivity index (χ0v) is 12.4. The second-order valence-electron chi connectivity index (χ2n) is 5.06. The van der Waals surface area contributed by atoms with Crippen molar-refractivity contribution in [2.45, 2.75) is 19.4 Å². The average molecular weight is 301 g/mol. The SMILES string of the molecule is CN(Cc1ncn[nH]1)C(=O)C1CCN(S(C)(=O)=O)CC1. The molecule has 2 rings (SSSR count). The molecule has 1 fully saturated rings. The van der Waals surface area contributed by atoms with E-state index in [0.29, 0.717) is 38.3 Å². The van der Waals surface area contributed by atoms with Crippen LogP contribution < -0.4 is 0 Å². The molecule has 0 bridgehead atoms. The van der Waals surface area contributed by atoms with E-state index < -0.39 is 10.0 Å². The molecule has 1 aliphatic heterocycles. The van der Waals surface area contributed by atoms with Crippen molar-refractivity contribution >= 4 is 15.9 Å². The molecule has 9 heteroatoms. The van der Waals surface area contributed by atoms with Crippen LogP contribution in [0.15, 0.2) is 6.33 Å². The molecule has 0 spiro atoms. The third-order valence-electron chi connectivity index (χ3n) is 3.50. The van der Waals surface area contributed by atoms with Gasteiger partial charge in [-0.3, -0.25) is 9.89 Å². The number of hydrogen-bond acceptors (Lipinski definition) is 5. The smallest absolute Gasteiger partial charge is 0.225 e. The molecule has 1 saturated heterocycles. The first-order valence-corrected chi connectivity index (χ1v) is 8.27. The molecule has 0 atom stereocenters. The highest BCUT2D eigenvalue weighted by molar-refractivity contribution is 7.88. The number of carbonyl (C=O) groups is 1. The molecule has 0 radical (unpaired) electrons. The highest BCUT2D eigenvalue weighted by Crippen LogP contribution is 2.21. The van der Waals surface area contributed by atoms with Gasteiger partial charge in [-0.15, -0.1) is 0 Å². The van der Waals surface area contributed by atoms with E-state index in [1.165, 1.54) is 16.9 Å². The second kappa shape index (κ2) is 5.88. The molecule has 1 aromatic heterocycles. The first-order chi connectivity index (χ1) is 9.38. The number of rotatable bonds is 4. The molecular formula is C11H19N5O3S. The minimum Gasteiger partial charge on any atom is -0.338 e. The van der Waals surface area contributed by atoms with Crippen molar-refractivity contribution in [3.63, 3.8) is 0 Å². The number of piperidine rings is 1. The van der Waals surface area contributed by atoms with Gasteiger partial charge in [-0.1, -0.05) is 0 Å². The molecule has 0 unspecified atom stereocenters. The number of sulfonamides is 1. The predicted molar refractivity (Wildman–Crippen MR) is 72.0 cm³/mol. The minimum absolute atomic E-state index is 0.0227. The van der Waals surface area contributed by atoms with Crippen LogP contribution in [0.1, 0.15) is 18.7 Å². The Morgan fingerprint density at radius 2 is 2.15 bits per heavy atom. The molecular weight excluding hydrogens is 282 g/mol. The summed E-state index contributed by atoms with van der Waals surface area (Å²) in [6, 6.07) is 0. The largest absolute Gasteiger partial charge is 0.338 e. The Hall–Kier alpha value is -1.48. The quantitative estimate of drug-likeness (QED) is 0.803. The summed E-state index contributed by atoms with van der Waals surface area (Å²) in [6.07, 6.45) is 3.72. The predicted octanol–water partition coefficient (Wildman–Crippen LogP) is -0.565. The monoisotopic (exact) mass is 301 g/mol. The Morgan fingerprint density at radius 3 is 2.65 bits per heavy atom. The fourth-order valence-electron chi connectivity index (χ4n) is 2.36. The topological polar surface area (TPSA) is 99.3 Å². The zero-order valence-electron chi connectivity index (χ0n) is 11.6. The fourth-order valence-corrected chi connectivity index (χ4v) is 3.23. The third kappa shape index (κ3) is 3.54. The summed E-state index contributed by atoms with van der Waals surface area (Å²) in [5, 5.41) is 6.45. The fraction of sp³-hybridized carbons (Fsp3) is 0.727. The van der Waals surface area contributed by atoms with E-state index in [0.717, 1.165) is 0 Å². The lowest BCUT2D eigenvalue weighted by molar-refractivity contribution is -0.136. The summed E-state index contributed by atoms with van der Waals surface area (Å²) in [5.41, 5.74) is 0. The van der Waals surface area contributed by atoms with Gasteiger partial charge < -0.3 is 4.90 Å². The van der Waals surface area contributed by atoms with Crippen LogP contribution in [0, 0.1) is 5.92 Å². The standard InChI is InChI=1S/C11H19N5O3S/c1-15(7-10-12-8-13-14-10)11(17)9-3-5-16(6-4-9)20(2,18)19/h8-9H,3-7H2,1-2H3,(H,12,13,14). The van der Waals surface area contributed by atoms with Gasteiger partial charge in [0.05, 0.1) is 12.8 Å². The van der Waals surface area contributed by atoms with Crippen molar-refractivity contribution in [1.82, 2.24) is 24.4 Å². The van der Waals surface area contributed by atoms with Gasteiger partial charge in [0.25, 0.3) is 0 Å². The van der Waals surface area contributed by atoms with Gasteiger partial charge in [0.1, 0.15) is 12.2 Å². The molecule has 2 heterocycles. The Balaban J connectivity index is 1.88. The van der Waals surface area contributed by atoms with Crippen LogP contribution in [-0.4, -0.2) is 65.1 Å². The maximum absolute atomic E-state index is 12.3. The maximum Gasteiger partial charge on any atom is 0.225 e. The maximum atomic E-state index is 12.3. The third-order valence-corrected chi connectivity index (χ3v) is 4.80. The molecule has 1 N–H and O–H groups in total. The Kier molecular flexibility index (Phi) is 4.39. The van der Waals surface area contributed by atoms with Crippen molar-refractivity contribution in [2.75, 3.05) is 26.4 Å². The number of H-pyrrole nitrogens is 1. The Bertz CT molecular complexity index is 549.